The molecule has 0 spiro atoms. The Morgan fingerprint density at radius 2 is 2.19 bits per heavy atom. The summed E-state index contributed by atoms with van der Waals surface area (Å²) in [6, 6.07) is 8.89. The van der Waals surface area contributed by atoms with E-state index in [1.54, 1.807) is 24.4 Å². The van der Waals surface area contributed by atoms with Crippen LogP contribution in [0.1, 0.15) is 0 Å². The summed E-state index contributed by atoms with van der Waals surface area (Å²) in [5, 5.41) is 1.32. The number of rotatable bonds is 3. The van der Waals surface area contributed by atoms with E-state index in [-0.39, 0.29) is 0 Å². The maximum atomic E-state index is 5.85. The van der Waals surface area contributed by atoms with Gasteiger partial charge in [0.2, 0.25) is 5.88 Å². The summed E-state index contributed by atoms with van der Waals surface area (Å²) < 4.78 is 5.55. The zero-order valence-corrected chi connectivity index (χ0v) is 10.1. The van der Waals surface area contributed by atoms with Crippen LogP contribution in [0.25, 0.3) is 0 Å². The molecule has 0 atom stereocenters. The third kappa shape index (κ3) is 2.87. The predicted molar refractivity (Wildman–Crippen MR) is 65.3 cm³/mol. The average molecular weight is 253 g/mol. The lowest BCUT2D eigenvalue weighted by molar-refractivity contribution is 0.455. The van der Waals surface area contributed by atoms with Gasteiger partial charge in [0.15, 0.2) is 5.16 Å². The van der Waals surface area contributed by atoms with Crippen molar-refractivity contribution in [1.82, 2.24) is 9.97 Å². The molecule has 3 nitrogen and oxygen atoms in total. The smallest absolute Gasteiger partial charge is 0.223 e. The highest BCUT2D eigenvalue weighted by molar-refractivity contribution is 7.98. The molecule has 0 aliphatic rings. The molecular formula is C11H9ClN2OS. The van der Waals surface area contributed by atoms with Gasteiger partial charge in [-0.2, -0.15) is 4.98 Å². The van der Waals surface area contributed by atoms with E-state index in [9.17, 15) is 0 Å². The Bertz CT molecular complexity index is 493. The van der Waals surface area contributed by atoms with Gasteiger partial charge in [-0.3, -0.25) is 0 Å². The van der Waals surface area contributed by atoms with Gasteiger partial charge >= 0.3 is 0 Å². The third-order valence-corrected chi connectivity index (χ3v) is 2.61. The van der Waals surface area contributed by atoms with Gasteiger partial charge in [-0.05, 0) is 24.5 Å². The monoisotopic (exact) mass is 252 g/mol. The summed E-state index contributed by atoms with van der Waals surface area (Å²) >= 11 is 7.32. The van der Waals surface area contributed by atoms with Crippen LogP contribution < -0.4 is 4.74 Å². The van der Waals surface area contributed by atoms with Gasteiger partial charge < -0.3 is 4.74 Å². The maximum Gasteiger partial charge on any atom is 0.223 e. The van der Waals surface area contributed by atoms with Crippen LogP contribution in [0.15, 0.2) is 41.7 Å². The molecule has 2 aromatic rings. The minimum atomic E-state index is 0.515. The molecule has 0 radical (unpaired) electrons. The van der Waals surface area contributed by atoms with E-state index in [0.717, 1.165) is 0 Å². The molecule has 1 heterocycles. The van der Waals surface area contributed by atoms with Crippen molar-refractivity contribution in [2.24, 2.45) is 0 Å². The number of halogens is 1. The van der Waals surface area contributed by atoms with E-state index in [2.05, 4.69) is 9.97 Å². The fourth-order valence-electron chi connectivity index (χ4n) is 1.13. The Kier molecular flexibility index (Phi) is 3.64. The van der Waals surface area contributed by atoms with E-state index in [4.69, 9.17) is 16.3 Å². The minimum Gasteiger partial charge on any atom is -0.439 e. The first-order valence-electron chi connectivity index (χ1n) is 4.58. The maximum absolute atomic E-state index is 5.85. The molecule has 2 rings (SSSR count). The first-order valence-corrected chi connectivity index (χ1v) is 6.18. The molecule has 82 valence electrons. The normalized spacial score (nSPS) is 10.1. The first kappa shape index (κ1) is 11.2. The second-order valence-electron chi connectivity index (χ2n) is 2.94. The van der Waals surface area contributed by atoms with Crippen molar-refractivity contribution < 1.29 is 4.74 Å². The molecule has 0 saturated carbocycles. The van der Waals surface area contributed by atoms with Crippen molar-refractivity contribution in [3.05, 3.63) is 41.6 Å². The van der Waals surface area contributed by atoms with E-state index >= 15 is 0 Å². The molecule has 0 N–H and O–H groups in total. The Morgan fingerprint density at radius 3 is 2.94 bits per heavy atom. The van der Waals surface area contributed by atoms with Crippen molar-refractivity contribution in [2.45, 2.75) is 5.16 Å². The number of hydrogen-bond acceptors (Lipinski definition) is 4. The Labute approximate surface area is 103 Å². The van der Waals surface area contributed by atoms with E-state index < -0.39 is 0 Å². The van der Waals surface area contributed by atoms with Crippen LogP contribution in [0, 0.1) is 0 Å². The van der Waals surface area contributed by atoms with Gasteiger partial charge in [0.1, 0.15) is 5.75 Å². The fraction of sp³-hybridized carbons (Fsp3) is 0.0909. The standard InChI is InChI=1S/C11H9ClN2OS/c1-16-11-13-6-5-10(14-11)15-9-4-2-3-8(12)7-9/h2-7H,1H3. The minimum absolute atomic E-state index is 0.515. The first-order chi connectivity index (χ1) is 7.78. The Morgan fingerprint density at radius 1 is 1.31 bits per heavy atom. The fourth-order valence-corrected chi connectivity index (χ4v) is 1.66. The highest BCUT2D eigenvalue weighted by atomic mass is 35.5. The molecule has 1 aromatic carbocycles. The zero-order valence-electron chi connectivity index (χ0n) is 8.55. The topological polar surface area (TPSA) is 35.0 Å². The zero-order chi connectivity index (χ0) is 11.4. The molecular weight excluding hydrogens is 244 g/mol. The SMILES string of the molecule is CSc1nccc(Oc2cccc(Cl)c2)n1. The van der Waals surface area contributed by atoms with Crippen molar-refractivity contribution in [2.75, 3.05) is 6.26 Å². The van der Waals surface area contributed by atoms with E-state index in [0.29, 0.717) is 21.8 Å². The summed E-state index contributed by atoms with van der Waals surface area (Å²) in [6.07, 6.45) is 3.58. The van der Waals surface area contributed by atoms with E-state index in [1.807, 2.05) is 18.4 Å². The summed E-state index contributed by atoms with van der Waals surface area (Å²) in [5.41, 5.74) is 0. The molecule has 0 saturated heterocycles. The summed E-state index contributed by atoms with van der Waals surface area (Å²) in [5.74, 6) is 1.18. The van der Waals surface area contributed by atoms with Crippen LogP contribution in [0.5, 0.6) is 11.6 Å². The summed E-state index contributed by atoms with van der Waals surface area (Å²) in [7, 11) is 0. The van der Waals surface area contributed by atoms with Gasteiger partial charge in [0.05, 0.1) is 0 Å². The Balaban J connectivity index is 2.20. The molecule has 0 fully saturated rings. The van der Waals surface area contributed by atoms with Gasteiger partial charge in [-0.25, -0.2) is 4.98 Å². The van der Waals surface area contributed by atoms with Gasteiger partial charge in [0.25, 0.3) is 0 Å². The van der Waals surface area contributed by atoms with Crippen LogP contribution in [-0.4, -0.2) is 16.2 Å². The van der Waals surface area contributed by atoms with Gasteiger partial charge in [0, 0.05) is 17.3 Å². The molecule has 0 bridgehead atoms. The largest absolute Gasteiger partial charge is 0.439 e. The second kappa shape index (κ2) is 5.18. The molecule has 5 heteroatoms. The van der Waals surface area contributed by atoms with Crippen LogP contribution >= 0.6 is 23.4 Å². The lowest BCUT2D eigenvalue weighted by Crippen LogP contribution is -1.90. The summed E-state index contributed by atoms with van der Waals surface area (Å²) in [4.78, 5) is 8.27. The average Bonchev–Trinajstić information content (AvgIpc) is 2.29. The highest BCUT2D eigenvalue weighted by Gasteiger charge is 2.01. The van der Waals surface area contributed by atoms with Gasteiger partial charge in [-0.1, -0.05) is 29.4 Å². The molecule has 1 aromatic heterocycles. The molecule has 0 aliphatic carbocycles. The third-order valence-electron chi connectivity index (χ3n) is 1.81. The molecule has 16 heavy (non-hydrogen) atoms. The van der Waals surface area contributed by atoms with Crippen molar-refractivity contribution in [1.29, 1.82) is 0 Å². The summed E-state index contributed by atoms with van der Waals surface area (Å²) in [6.45, 7) is 0. The molecule has 0 unspecified atom stereocenters. The number of ether oxygens (including phenoxy) is 1. The lowest BCUT2D eigenvalue weighted by Gasteiger charge is -2.05. The Hall–Kier alpha value is -1.26. The number of hydrogen-bond donors (Lipinski definition) is 0. The quantitative estimate of drug-likeness (QED) is 0.617. The second-order valence-corrected chi connectivity index (χ2v) is 4.15. The highest BCUT2D eigenvalue weighted by Crippen LogP contribution is 2.23. The number of aromatic nitrogens is 2. The molecule has 0 aliphatic heterocycles. The lowest BCUT2D eigenvalue weighted by atomic mass is 10.3. The van der Waals surface area contributed by atoms with Crippen molar-refractivity contribution in [3.63, 3.8) is 0 Å². The number of thioether (sulfide) groups is 1. The van der Waals surface area contributed by atoms with Crippen LogP contribution in [0.2, 0.25) is 5.02 Å². The van der Waals surface area contributed by atoms with E-state index in [1.165, 1.54) is 11.8 Å². The van der Waals surface area contributed by atoms with Crippen molar-refractivity contribution in [3.8, 4) is 11.6 Å². The number of benzene rings is 1. The van der Waals surface area contributed by atoms with Crippen LogP contribution in [0.3, 0.4) is 0 Å². The molecule has 0 amide bonds. The van der Waals surface area contributed by atoms with Crippen LogP contribution in [0.4, 0.5) is 0 Å². The number of nitrogens with zero attached hydrogens (tertiary/aromatic N) is 2. The van der Waals surface area contributed by atoms with Crippen molar-refractivity contribution >= 4 is 23.4 Å². The van der Waals surface area contributed by atoms with Gasteiger partial charge in [-0.15, -0.1) is 0 Å². The van der Waals surface area contributed by atoms with Crippen LogP contribution in [-0.2, 0) is 0 Å². The predicted octanol–water partition coefficient (Wildman–Crippen LogP) is 3.64.